The van der Waals surface area contributed by atoms with Gasteiger partial charge >= 0.3 is 5.97 Å². The predicted octanol–water partition coefficient (Wildman–Crippen LogP) is 1.97. The van der Waals surface area contributed by atoms with Crippen LogP contribution in [0.2, 0.25) is 0 Å². The highest BCUT2D eigenvalue weighted by Crippen LogP contribution is 2.39. The first kappa shape index (κ1) is 10.9. The second-order valence-electron chi connectivity index (χ2n) is 5.86. The lowest BCUT2D eigenvalue weighted by Crippen LogP contribution is -2.50. The van der Waals surface area contributed by atoms with E-state index in [9.17, 15) is 9.90 Å². The molecule has 15 heavy (non-hydrogen) atoms. The van der Waals surface area contributed by atoms with Gasteiger partial charge in [-0.15, -0.1) is 0 Å². The van der Waals surface area contributed by atoms with Gasteiger partial charge in [-0.05, 0) is 43.6 Å². The Kier molecular flexibility index (Phi) is 2.75. The van der Waals surface area contributed by atoms with E-state index in [0.717, 1.165) is 32.4 Å². The standard InChI is InChI=1S/C12H21NO2/c1-12(2)6-3-7-13(8-12)10(11(14)15)9-4-5-9/h9-10H,3-8H2,1-2H3,(H,14,15). The highest BCUT2D eigenvalue weighted by molar-refractivity contribution is 5.74. The summed E-state index contributed by atoms with van der Waals surface area (Å²) in [6.07, 6.45) is 4.58. The molecule has 1 saturated heterocycles. The van der Waals surface area contributed by atoms with Crippen molar-refractivity contribution in [3.8, 4) is 0 Å². The van der Waals surface area contributed by atoms with Crippen LogP contribution in [0.3, 0.4) is 0 Å². The first-order valence-electron chi connectivity index (χ1n) is 5.96. The van der Waals surface area contributed by atoms with E-state index in [2.05, 4.69) is 18.7 Å². The molecule has 1 aliphatic carbocycles. The molecule has 1 unspecified atom stereocenters. The molecule has 2 aliphatic rings. The summed E-state index contributed by atoms with van der Waals surface area (Å²) >= 11 is 0. The average molecular weight is 211 g/mol. The summed E-state index contributed by atoms with van der Waals surface area (Å²) in [7, 11) is 0. The van der Waals surface area contributed by atoms with Crippen molar-refractivity contribution in [2.45, 2.75) is 45.6 Å². The third-order valence-corrected chi connectivity index (χ3v) is 3.64. The molecular formula is C12H21NO2. The Balaban J connectivity index is 2.03. The minimum Gasteiger partial charge on any atom is -0.480 e. The molecule has 0 bridgehead atoms. The Morgan fingerprint density at radius 2 is 2.13 bits per heavy atom. The Labute approximate surface area is 91.5 Å². The number of carboxylic acids is 1. The zero-order valence-corrected chi connectivity index (χ0v) is 9.70. The quantitative estimate of drug-likeness (QED) is 0.776. The van der Waals surface area contributed by atoms with Gasteiger partial charge in [-0.2, -0.15) is 0 Å². The number of carboxylic acid groups (broad SMARTS) is 1. The van der Waals surface area contributed by atoms with Crippen molar-refractivity contribution in [2.75, 3.05) is 13.1 Å². The summed E-state index contributed by atoms with van der Waals surface area (Å²) in [4.78, 5) is 13.4. The molecule has 0 amide bonds. The van der Waals surface area contributed by atoms with Crippen LogP contribution in [0, 0.1) is 11.3 Å². The Hall–Kier alpha value is -0.570. The van der Waals surface area contributed by atoms with Gasteiger partial charge in [-0.1, -0.05) is 13.8 Å². The zero-order chi connectivity index (χ0) is 11.1. The molecule has 0 aromatic carbocycles. The van der Waals surface area contributed by atoms with Gasteiger partial charge in [0.2, 0.25) is 0 Å². The summed E-state index contributed by atoms with van der Waals surface area (Å²) in [6.45, 7) is 6.40. The number of rotatable bonds is 3. The number of aliphatic carboxylic acids is 1. The topological polar surface area (TPSA) is 40.5 Å². The van der Waals surface area contributed by atoms with Crippen LogP contribution in [0.4, 0.5) is 0 Å². The van der Waals surface area contributed by atoms with Gasteiger partial charge in [-0.25, -0.2) is 0 Å². The molecule has 0 spiro atoms. The molecule has 0 radical (unpaired) electrons. The van der Waals surface area contributed by atoms with Crippen LogP contribution in [0.5, 0.6) is 0 Å². The summed E-state index contributed by atoms with van der Waals surface area (Å²) in [5.41, 5.74) is 0.292. The molecule has 0 aromatic rings. The van der Waals surface area contributed by atoms with Crippen molar-refractivity contribution in [1.82, 2.24) is 4.90 Å². The molecule has 1 aliphatic heterocycles. The Bertz CT molecular complexity index is 258. The number of piperidine rings is 1. The monoisotopic (exact) mass is 211 g/mol. The smallest absolute Gasteiger partial charge is 0.321 e. The molecule has 3 heteroatoms. The maximum atomic E-state index is 11.2. The molecule has 0 aromatic heterocycles. The van der Waals surface area contributed by atoms with Gasteiger partial charge in [0, 0.05) is 6.54 Å². The van der Waals surface area contributed by atoms with Gasteiger partial charge < -0.3 is 5.11 Å². The first-order valence-corrected chi connectivity index (χ1v) is 5.96. The minimum absolute atomic E-state index is 0.204. The van der Waals surface area contributed by atoms with Crippen molar-refractivity contribution in [2.24, 2.45) is 11.3 Å². The molecule has 3 nitrogen and oxygen atoms in total. The van der Waals surface area contributed by atoms with E-state index in [1.807, 2.05) is 0 Å². The Morgan fingerprint density at radius 3 is 2.60 bits per heavy atom. The van der Waals surface area contributed by atoms with Crippen LogP contribution in [-0.4, -0.2) is 35.1 Å². The van der Waals surface area contributed by atoms with E-state index in [4.69, 9.17) is 0 Å². The molecule has 1 atom stereocenters. The lowest BCUT2D eigenvalue weighted by atomic mass is 9.83. The van der Waals surface area contributed by atoms with Gasteiger partial charge in [0.25, 0.3) is 0 Å². The molecule has 1 heterocycles. The van der Waals surface area contributed by atoms with Crippen LogP contribution in [0.15, 0.2) is 0 Å². The maximum Gasteiger partial charge on any atom is 0.321 e. The van der Waals surface area contributed by atoms with Gasteiger partial charge in [0.05, 0.1) is 0 Å². The number of nitrogens with zero attached hydrogens (tertiary/aromatic N) is 1. The summed E-state index contributed by atoms with van der Waals surface area (Å²) < 4.78 is 0. The third kappa shape index (κ3) is 2.51. The van der Waals surface area contributed by atoms with Crippen molar-refractivity contribution >= 4 is 5.97 Å². The number of carbonyl (C=O) groups is 1. The fourth-order valence-corrected chi connectivity index (χ4v) is 2.77. The highest BCUT2D eigenvalue weighted by atomic mass is 16.4. The average Bonchev–Trinajstić information content (AvgIpc) is 2.85. The maximum absolute atomic E-state index is 11.2. The van der Waals surface area contributed by atoms with E-state index in [-0.39, 0.29) is 6.04 Å². The summed E-state index contributed by atoms with van der Waals surface area (Å²) in [6, 6.07) is -0.204. The molecule has 2 fully saturated rings. The minimum atomic E-state index is -0.616. The van der Waals surface area contributed by atoms with Crippen LogP contribution in [0.25, 0.3) is 0 Å². The van der Waals surface area contributed by atoms with Gasteiger partial charge in [-0.3, -0.25) is 9.69 Å². The van der Waals surface area contributed by atoms with E-state index >= 15 is 0 Å². The largest absolute Gasteiger partial charge is 0.480 e. The van der Waals surface area contributed by atoms with Crippen molar-refractivity contribution < 1.29 is 9.90 Å². The second-order valence-corrected chi connectivity index (χ2v) is 5.86. The summed E-state index contributed by atoms with van der Waals surface area (Å²) in [5.74, 6) is -0.188. The van der Waals surface area contributed by atoms with Crippen LogP contribution >= 0.6 is 0 Å². The van der Waals surface area contributed by atoms with Crippen molar-refractivity contribution in [3.05, 3.63) is 0 Å². The fourth-order valence-electron chi connectivity index (χ4n) is 2.77. The molecule has 1 N–H and O–H groups in total. The summed E-state index contributed by atoms with van der Waals surface area (Å²) in [5, 5.41) is 9.26. The number of likely N-dealkylation sites (tertiary alicyclic amines) is 1. The van der Waals surface area contributed by atoms with Crippen LogP contribution in [-0.2, 0) is 4.79 Å². The SMILES string of the molecule is CC1(C)CCCN(C(C(=O)O)C2CC2)C1. The third-order valence-electron chi connectivity index (χ3n) is 3.64. The van der Waals surface area contributed by atoms with Crippen molar-refractivity contribution in [1.29, 1.82) is 0 Å². The fraction of sp³-hybridized carbons (Fsp3) is 0.917. The number of hydrogen-bond acceptors (Lipinski definition) is 2. The van der Waals surface area contributed by atoms with Gasteiger partial charge in [0.15, 0.2) is 0 Å². The van der Waals surface area contributed by atoms with E-state index < -0.39 is 5.97 Å². The highest BCUT2D eigenvalue weighted by Gasteiger charge is 2.42. The second kappa shape index (κ2) is 3.78. The zero-order valence-electron chi connectivity index (χ0n) is 9.70. The Morgan fingerprint density at radius 1 is 1.47 bits per heavy atom. The van der Waals surface area contributed by atoms with Gasteiger partial charge in [0.1, 0.15) is 6.04 Å². The molecule has 86 valence electrons. The van der Waals surface area contributed by atoms with Crippen molar-refractivity contribution in [3.63, 3.8) is 0 Å². The predicted molar refractivity (Wildman–Crippen MR) is 58.7 cm³/mol. The lowest BCUT2D eigenvalue weighted by Gasteiger charge is -2.41. The van der Waals surface area contributed by atoms with E-state index in [1.54, 1.807) is 0 Å². The molecular weight excluding hydrogens is 190 g/mol. The lowest BCUT2D eigenvalue weighted by molar-refractivity contribution is -0.145. The normalized spacial score (nSPS) is 28.7. The molecule has 1 saturated carbocycles. The van der Waals surface area contributed by atoms with E-state index in [0.29, 0.717) is 11.3 Å². The van der Waals surface area contributed by atoms with E-state index in [1.165, 1.54) is 6.42 Å². The first-order chi connectivity index (χ1) is 6.99. The van der Waals surface area contributed by atoms with Crippen LogP contribution in [0.1, 0.15) is 39.5 Å². The number of hydrogen-bond donors (Lipinski definition) is 1. The van der Waals surface area contributed by atoms with Crippen LogP contribution < -0.4 is 0 Å². The molecule has 2 rings (SSSR count).